The fourth-order valence-electron chi connectivity index (χ4n) is 2.69. The van der Waals surface area contributed by atoms with Crippen molar-refractivity contribution < 1.29 is 0 Å². The second-order valence-electron chi connectivity index (χ2n) is 7.16. The maximum absolute atomic E-state index is 3.58. The number of hydrogen-bond acceptors (Lipinski definition) is 1. The molecular weight excluding hydrogens is 230 g/mol. The van der Waals surface area contributed by atoms with Gasteiger partial charge < -0.3 is 5.32 Å². The molecule has 1 nitrogen and oxygen atoms in total. The number of rotatable bonds is 5. The Morgan fingerprint density at radius 2 is 2.00 bits per heavy atom. The van der Waals surface area contributed by atoms with E-state index < -0.39 is 0 Å². The second kappa shape index (κ2) is 6.09. The highest BCUT2D eigenvalue weighted by Crippen LogP contribution is 2.37. The molecule has 0 bridgehead atoms. The highest BCUT2D eigenvalue weighted by Gasteiger charge is 2.20. The molecule has 1 aliphatic rings. The van der Waals surface area contributed by atoms with Gasteiger partial charge in [-0.15, -0.1) is 0 Å². The molecule has 19 heavy (non-hydrogen) atoms. The molecule has 1 saturated carbocycles. The fourth-order valence-corrected chi connectivity index (χ4v) is 2.69. The summed E-state index contributed by atoms with van der Waals surface area (Å²) in [5, 5.41) is 3.58. The number of hydrogen-bond donors (Lipinski definition) is 1. The molecule has 1 N–H and O–H groups in total. The average Bonchev–Trinajstić information content (AvgIpc) is 2.25. The van der Waals surface area contributed by atoms with Crippen LogP contribution in [0.4, 0.5) is 0 Å². The SMILES string of the molecule is CC(CCNC(C)(C)C)c1cccc(C2CCC2)c1. The van der Waals surface area contributed by atoms with Gasteiger partial charge in [-0.25, -0.2) is 0 Å². The van der Waals surface area contributed by atoms with Gasteiger partial charge >= 0.3 is 0 Å². The zero-order chi connectivity index (χ0) is 13.9. The van der Waals surface area contributed by atoms with Crippen LogP contribution in [0.15, 0.2) is 24.3 Å². The van der Waals surface area contributed by atoms with E-state index in [2.05, 4.69) is 57.3 Å². The topological polar surface area (TPSA) is 12.0 Å². The van der Waals surface area contributed by atoms with E-state index in [1.807, 2.05) is 0 Å². The Bertz CT molecular complexity index is 398. The third kappa shape index (κ3) is 4.35. The van der Waals surface area contributed by atoms with E-state index in [0.29, 0.717) is 5.92 Å². The maximum Gasteiger partial charge on any atom is 0.00965 e. The molecule has 0 spiro atoms. The summed E-state index contributed by atoms with van der Waals surface area (Å²) in [6, 6.07) is 9.31. The van der Waals surface area contributed by atoms with Gasteiger partial charge in [-0.1, -0.05) is 37.6 Å². The Hall–Kier alpha value is -0.820. The molecule has 0 radical (unpaired) electrons. The van der Waals surface area contributed by atoms with Crippen LogP contribution in [0.3, 0.4) is 0 Å². The van der Waals surface area contributed by atoms with Gasteiger partial charge in [-0.2, -0.15) is 0 Å². The summed E-state index contributed by atoms with van der Waals surface area (Å²) in [5.74, 6) is 1.50. The maximum atomic E-state index is 3.58. The van der Waals surface area contributed by atoms with Crippen molar-refractivity contribution in [1.29, 1.82) is 0 Å². The van der Waals surface area contributed by atoms with Crippen LogP contribution in [0.5, 0.6) is 0 Å². The lowest BCUT2D eigenvalue weighted by molar-refractivity contribution is 0.412. The van der Waals surface area contributed by atoms with Crippen LogP contribution in [-0.4, -0.2) is 12.1 Å². The highest BCUT2D eigenvalue weighted by molar-refractivity contribution is 5.29. The molecule has 1 aliphatic carbocycles. The van der Waals surface area contributed by atoms with Crippen molar-refractivity contribution in [2.45, 2.75) is 70.8 Å². The Kier molecular flexibility index (Phi) is 4.67. The summed E-state index contributed by atoms with van der Waals surface area (Å²) < 4.78 is 0. The molecule has 1 fully saturated rings. The average molecular weight is 259 g/mol. The first kappa shape index (κ1) is 14.6. The summed E-state index contributed by atoms with van der Waals surface area (Å²) in [7, 11) is 0. The highest BCUT2D eigenvalue weighted by atomic mass is 14.9. The first-order valence-electron chi connectivity index (χ1n) is 7.80. The Balaban J connectivity index is 1.89. The standard InChI is InChI=1S/C18H29N/c1-14(11-12-19-18(2,3)4)16-9-6-10-17(13-16)15-7-5-8-15/h6,9-10,13-15,19H,5,7-8,11-12H2,1-4H3. The third-order valence-electron chi connectivity index (χ3n) is 4.29. The predicted molar refractivity (Wildman–Crippen MR) is 83.8 cm³/mol. The Morgan fingerprint density at radius 1 is 1.26 bits per heavy atom. The van der Waals surface area contributed by atoms with E-state index in [-0.39, 0.29) is 5.54 Å². The molecule has 0 aliphatic heterocycles. The Morgan fingerprint density at radius 3 is 2.58 bits per heavy atom. The normalized spacial score (nSPS) is 18.1. The van der Waals surface area contributed by atoms with E-state index in [0.717, 1.165) is 12.5 Å². The molecule has 1 atom stereocenters. The van der Waals surface area contributed by atoms with Crippen molar-refractivity contribution in [1.82, 2.24) is 5.32 Å². The molecule has 0 heterocycles. The minimum absolute atomic E-state index is 0.230. The Labute approximate surface area is 118 Å². The van der Waals surface area contributed by atoms with Gasteiger partial charge in [0.1, 0.15) is 0 Å². The van der Waals surface area contributed by atoms with Gasteiger partial charge in [-0.05, 0) is 69.5 Å². The summed E-state index contributed by atoms with van der Waals surface area (Å²) in [6.45, 7) is 10.1. The van der Waals surface area contributed by atoms with E-state index in [1.54, 1.807) is 5.56 Å². The van der Waals surface area contributed by atoms with Crippen LogP contribution in [0.25, 0.3) is 0 Å². The van der Waals surface area contributed by atoms with Crippen molar-refractivity contribution in [2.24, 2.45) is 0 Å². The largest absolute Gasteiger partial charge is 0.312 e. The van der Waals surface area contributed by atoms with E-state index in [9.17, 15) is 0 Å². The van der Waals surface area contributed by atoms with Gasteiger partial charge in [0.2, 0.25) is 0 Å². The van der Waals surface area contributed by atoms with Crippen molar-refractivity contribution in [3.05, 3.63) is 35.4 Å². The van der Waals surface area contributed by atoms with Crippen molar-refractivity contribution >= 4 is 0 Å². The van der Waals surface area contributed by atoms with Crippen molar-refractivity contribution in [3.8, 4) is 0 Å². The van der Waals surface area contributed by atoms with E-state index in [1.165, 1.54) is 31.2 Å². The lowest BCUT2D eigenvalue weighted by Gasteiger charge is -2.27. The summed E-state index contributed by atoms with van der Waals surface area (Å²) in [4.78, 5) is 0. The van der Waals surface area contributed by atoms with Gasteiger partial charge in [0.15, 0.2) is 0 Å². The van der Waals surface area contributed by atoms with Crippen LogP contribution in [0.1, 0.15) is 76.3 Å². The minimum atomic E-state index is 0.230. The number of nitrogens with one attached hydrogen (secondary N) is 1. The molecule has 1 unspecified atom stereocenters. The van der Waals surface area contributed by atoms with Crippen LogP contribution < -0.4 is 5.32 Å². The van der Waals surface area contributed by atoms with Crippen LogP contribution in [0.2, 0.25) is 0 Å². The molecule has 1 aromatic rings. The van der Waals surface area contributed by atoms with Crippen molar-refractivity contribution in [3.63, 3.8) is 0 Å². The van der Waals surface area contributed by atoms with Crippen LogP contribution >= 0.6 is 0 Å². The molecule has 106 valence electrons. The first-order chi connectivity index (χ1) is 8.96. The molecule has 0 aromatic heterocycles. The molecule has 1 aromatic carbocycles. The van der Waals surface area contributed by atoms with Gasteiger partial charge in [-0.3, -0.25) is 0 Å². The van der Waals surface area contributed by atoms with Crippen LogP contribution in [0, 0.1) is 0 Å². The molecule has 1 heteroatoms. The molecule has 0 saturated heterocycles. The van der Waals surface area contributed by atoms with Crippen LogP contribution in [-0.2, 0) is 0 Å². The first-order valence-corrected chi connectivity index (χ1v) is 7.80. The van der Waals surface area contributed by atoms with E-state index in [4.69, 9.17) is 0 Å². The summed E-state index contributed by atoms with van der Waals surface area (Å²) in [5.41, 5.74) is 3.31. The minimum Gasteiger partial charge on any atom is -0.312 e. The fraction of sp³-hybridized carbons (Fsp3) is 0.667. The smallest absolute Gasteiger partial charge is 0.00965 e. The van der Waals surface area contributed by atoms with Crippen molar-refractivity contribution in [2.75, 3.05) is 6.54 Å². The summed E-state index contributed by atoms with van der Waals surface area (Å²) >= 11 is 0. The van der Waals surface area contributed by atoms with E-state index >= 15 is 0 Å². The van der Waals surface area contributed by atoms with Gasteiger partial charge in [0.05, 0.1) is 0 Å². The van der Waals surface area contributed by atoms with Gasteiger partial charge in [0.25, 0.3) is 0 Å². The lowest BCUT2D eigenvalue weighted by atomic mass is 9.79. The molecule has 2 rings (SSSR count). The zero-order valence-corrected chi connectivity index (χ0v) is 13.0. The predicted octanol–water partition coefficient (Wildman–Crippen LogP) is 4.84. The second-order valence-corrected chi connectivity index (χ2v) is 7.16. The molecular formula is C18H29N. The monoisotopic (exact) mass is 259 g/mol. The lowest BCUT2D eigenvalue weighted by Crippen LogP contribution is -2.36. The summed E-state index contributed by atoms with van der Waals surface area (Å²) in [6.07, 6.45) is 5.41. The quantitative estimate of drug-likeness (QED) is 0.798. The molecule has 0 amide bonds. The zero-order valence-electron chi connectivity index (χ0n) is 13.0. The third-order valence-corrected chi connectivity index (χ3v) is 4.29. The van der Waals surface area contributed by atoms with Gasteiger partial charge in [0, 0.05) is 5.54 Å². The number of benzene rings is 1.